The van der Waals surface area contributed by atoms with Crippen molar-refractivity contribution in [3.8, 4) is 5.75 Å². The van der Waals surface area contributed by atoms with E-state index in [9.17, 15) is 4.79 Å². The van der Waals surface area contributed by atoms with Crippen molar-refractivity contribution in [2.75, 3.05) is 40.3 Å². The van der Waals surface area contributed by atoms with Crippen LogP contribution in [0.15, 0.2) is 84.9 Å². The van der Waals surface area contributed by atoms with E-state index >= 15 is 0 Å². The molecule has 0 saturated carbocycles. The smallest absolute Gasteiger partial charge is 0.226 e. The van der Waals surface area contributed by atoms with Gasteiger partial charge >= 0.3 is 0 Å². The van der Waals surface area contributed by atoms with E-state index in [-0.39, 0.29) is 5.92 Å². The predicted octanol–water partition coefficient (Wildman–Crippen LogP) is 5.07. The average molecular weight is 486 g/mol. The molecule has 36 heavy (non-hydrogen) atoms. The molecule has 0 N–H and O–H groups in total. The van der Waals surface area contributed by atoms with Crippen molar-refractivity contribution in [2.24, 2.45) is 5.92 Å². The van der Waals surface area contributed by atoms with Crippen LogP contribution in [0.5, 0.6) is 5.75 Å². The highest BCUT2D eigenvalue weighted by atomic mass is 16.5. The second kappa shape index (κ2) is 13.2. The van der Waals surface area contributed by atoms with Gasteiger partial charge in [-0.1, -0.05) is 72.8 Å². The fourth-order valence-corrected chi connectivity index (χ4v) is 4.68. The zero-order valence-electron chi connectivity index (χ0n) is 21.7. The number of benzene rings is 3. The van der Waals surface area contributed by atoms with E-state index in [0.717, 1.165) is 51.3 Å². The predicted molar refractivity (Wildman–Crippen MR) is 146 cm³/mol. The first-order valence-electron chi connectivity index (χ1n) is 13.0. The van der Waals surface area contributed by atoms with Crippen molar-refractivity contribution in [3.63, 3.8) is 0 Å². The van der Waals surface area contributed by atoms with Crippen LogP contribution >= 0.6 is 0 Å². The fraction of sp³-hybridized carbons (Fsp3) is 0.387. The number of nitrogens with zero attached hydrogens (tertiary/aromatic N) is 3. The molecule has 0 spiro atoms. The molecule has 1 fully saturated rings. The first kappa shape index (κ1) is 25.9. The van der Waals surface area contributed by atoms with Gasteiger partial charge in [-0.2, -0.15) is 0 Å². The number of piperidine rings is 1. The maximum absolute atomic E-state index is 13.5. The number of amides is 1. The number of rotatable bonds is 11. The third-order valence-corrected chi connectivity index (χ3v) is 6.86. The maximum atomic E-state index is 13.5. The molecule has 0 atom stereocenters. The van der Waals surface area contributed by atoms with Gasteiger partial charge in [0.25, 0.3) is 0 Å². The number of likely N-dealkylation sites (N-methyl/N-ethyl adjacent to an activating group) is 1. The summed E-state index contributed by atoms with van der Waals surface area (Å²) in [4.78, 5) is 20.1. The van der Waals surface area contributed by atoms with E-state index < -0.39 is 0 Å². The van der Waals surface area contributed by atoms with E-state index in [0.29, 0.717) is 19.1 Å². The van der Waals surface area contributed by atoms with Crippen molar-refractivity contribution >= 4 is 5.91 Å². The summed E-state index contributed by atoms with van der Waals surface area (Å²) in [5.41, 5.74) is 3.64. The van der Waals surface area contributed by atoms with Crippen LogP contribution in [0.4, 0.5) is 0 Å². The van der Waals surface area contributed by atoms with Crippen LogP contribution in [0.3, 0.4) is 0 Å². The van der Waals surface area contributed by atoms with Gasteiger partial charge in [-0.05, 0) is 68.8 Å². The SMILES string of the molecule is CN(C)CCN(Cc1ccccc1)C(=O)C1CCN(Cc2ccc(OCc3ccccc3)cc2)CC1. The Morgan fingerprint density at radius 2 is 1.42 bits per heavy atom. The molecular formula is C31H39N3O2. The molecule has 190 valence electrons. The van der Waals surface area contributed by atoms with Crippen LogP contribution in [0.25, 0.3) is 0 Å². The van der Waals surface area contributed by atoms with Gasteiger partial charge in [0.05, 0.1) is 0 Å². The minimum Gasteiger partial charge on any atom is -0.489 e. The largest absolute Gasteiger partial charge is 0.489 e. The average Bonchev–Trinajstić information content (AvgIpc) is 2.92. The second-order valence-electron chi connectivity index (χ2n) is 10.0. The van der Waals surface area contributed by atoms with E-state index in [4.69, 9.17) is 4.74 Å². The van der Waals surface area contributed by atoms with Crippen molar-refractivity contribution in [3.05, 3.63) is 102 Å². The topological polar surface area (TPSA) is 36.0 Å². The molecule has 5 nitrogen and oxygen atoms in total. The summed E-state index contributed by atoms with van der Waals surface area (Å²) in [6.07, 6.45) is 1.84. The molecule has 3 aromatic rings. The zero-order chi connectivity index (χ0) is 25.2. The Bertz CT molecular complexity index is 1050. The Kier molecular flexibility index (Phi) is 9.54. The molecule has 1 aliphatic heterocycles. The standard InChI is InChI=1S/C31H39N3O2/c1-32(2)21-22-34(24-26-9-5-3-6-10-26)31(35)29-17-19-33(20-18-29)23-27-13-15-30(16-14-27)36-25-28-11-7-4-8-12-28/h3-16,29H,17-25H2,1-2H3. The fourth-order valence-electron chi connectivity index (χ4n) is 4.68. The number of hydrogen-bond donors (Lipinski definition) is 0. The van der Waals surface area contributed by atoms with Gasteiger partial charge in [-0.3, -0.25) is 9.69 Å². The summed E-state index contributed by atoms with van der Waals surface area (Å²) in [5.74, 6) is 1.31. The van der Waals surface area contributed by atoms with Gasteiger partial charge < -0.3 is 14.5 Å². The van der Waals surface area contributed by atoms with Crippen LogP contribution in [0.1, 0.15) is 29.5 Å². The lowest BCUT2D eigenvalue weighted by molar-refractivity contribution is -0.138. The molecular weight excluding hydrogens is 446 g/mol. The van der Waals surface area contributed by atoms with Crippen LogP contribution in [-0.2, 0) is 24.5 Å². The number of carbonyl (C=O) groups is 1. The minimum absolute atomic E-state index is 0.112. The summed E-state index contributed by atoms with van der Waals surface area (Å²) in [5, 5.41) is 0. The monoisotopic (exact) mass is 485 g/mol. The molecule has 0 bridgehead atoms. The number of ether oxygens (including phenoxy) is 1. The molecule has 0 aliphatic carbocycles. The van der Waals surface area contributed by atoms with Crippen molar-refractivity contribution in [1.29, 1.82) is 0 Å². The number of likely N-dealkylation sites (tertiary alicyclic amines) is 1. The van der Waals surface area contributed by atoms with Gasteiger partial charge in [0.2, 0.25) is 5.91 Å². The summed E-state index contributed by atoms with van der Waals surface area (Å²) >= 11 is 0. The second-order valence-corrected chi connectivity index (χ2v) is 10.0. The van der Waals surface area contributed by atoms with Gasteiger partial charge in [-0.15, -0.1) is 0 Å². The summed E-state index contributed by atoms with van der Waals surface area (Å²) in [6.45, 7) is 5.73. The molecule has 1 aliphatic rings. The third kappa shape index (κ3) is 7.94. The van der Waals surface area contributed by atoms with Crippen molar-refractivity contribution in [2.45, 2.75) is 32.5 Å². The Morgan fingerprint density at radius 1 is 0.806 bits per heavy atom. The van der Waals surface area contributed by atoms with Crippen molar-refractivity contribution < 1.29 is 9.53 Å². The lowest BCUT2D eigenvalue weighted by Gasteiger charge is -2.34. The molecule has 3 aromatic carbocycles. The number of hydrogen-bond acceptors (Lipinski definition) is 4. The van der Waals surface area contributed by atoms with E-state index in [2.05, 4.69) is 77.3 Å². The van der Waals surface area contributed by atoms with Gasteiger partial charge in [0.15, 0.2) is 0 Å². The van der Waals surface area contributed by atoms with Gasteiger partial charge in [0, 0.05) is 32.1 Å². The first-order valence-corrected chi connectivity index (χ1v) is 13.0. The molecule has 4 rings (SSSR count). The van der Waals surface area contributed by atoms with Gasteiger partial charge in [-0.25, -0.2) is 0 Å². The van der Waals surface area contributed by atoms with Crippen molar-refractivity contribution in [1.82, 2.24) is 14.7 Å². The summed E-state index contributed by atoms with van der Waals surface area (Å²) in [7, 11) is 4.12. The highest BCUT2D eigenvalue weighted by molar-refractivity contribution is 5.79. The van der Waals surface area contributed by atoms with Crippen LogP contribution in [0, 0.1) is 5.92 Å². The van der Waals surface area contributed by atoms with Crippen LogP contribution in [-0.4, -0.2) is 60.9 Å². The molecule has 0 unspecified atom stereocenters. The quantitative estimate of drug-likeness (QED) is 0.380. The third-order valence-electron chi connectivity index (χ3n) is 6.86. The Hall–Kier alpha value is -3.15. The van der Waals surface area contributed by atoms with E-state index in [1.165, 1.54) is 16.7 Å². The zero-order valence-corrected chi connectivity index (χ0v) is 21.7. The molecule has 0 radical (unpaired) electrons. The molecule has 1 saturated heterocycles. The highest BCUT2D eigenvalue weighted by Gasteiger charge is 2.28. The lowest BCUT2D eigenvalue weighted by atomic mass is 9.94. The Morgan fingerprint density at radius 3 is 2.03 bits per heavy atom. The lowest BCUT2D eigenvalue weighted by Crippen LogP contribution is -2.44. The van der Waals surface area contributed by atoms with Crippen LogP contribution in [0.2, 0.25) is 0 Å². The summed E-state index contributed by atoms with van der Waals surface area (Å²) < 4.78 is 5.92. The highest BCUT2D eigenvalue weighted by Crippen LogP contribution is 2.23. The molecule has 5 heteroatoms. The normalized spacial score (nSPS) is 14.6. The van der Waals surface area contributed by atoms with Gasteiger partial charge in [0.1, 0.15) is 12.4 Å². The Labute approximate surface area is 216 Å². The van der Waals surface area contributed by atoms with Crippen LogP contribution < -0.4 is 4.74 Å². The first-order chi connectivity index (χ1) is 17.6. The number of carbonyl (C=O) groups excluding carboxylic acids is 1. The molecule has 0 aromatic heterocycles. The molecule has 1 amide bonds. The molecule has 1 heterocycles. The van der Waals surface area contributed by atoms with E-state index in [1.54, 1.807) is 0 Å². The maximum Gasteiger partial charge on any atom is 0.226 e. The minimum atomic E-state index is 0.112. The Balaban J connectivity index is 1.25. The van der Waals surface area contributed by atoms with E-state index in [1.807, 2.05) is 36.4 Å². The summed E-state index contributed by atoms with van der Waals surface area (Å²) in [6, 6.07) is 29.0.